The van der Waals surface area contributed by atoms with Gasteiger partial charge in [-0.15, -0.1) is 5.10 Å². The number of nitrogens with zero attached hydrogens (tertiary/aromatic N) is 2. The molecule has 8 heteroatoms. The minimum Gasteiger partial charge on any atom is -0.385 e. The Hall–Kier alpha value is -1.54. The summed E-state index contributed by atoms with van der Waals surface area (Å²) in [4.78, 5) is 23.6. The Morgan fingerprint density at radius 3 is 3.12 bits per heavy atom. The second-order valence-electron chi connectivity index (χ2n) is 5.81. The van der Waals surface area contributed by atoms with Crippen LogP contribution in [0.3, 0.4) is 0 Å². The number of allylic oxidation sites excluding steroid dienone is 1. The Kier molecular flexibility index (Phi) is 8.11. The summed E-state index contributed by atoms with van der Waals surface area (Å²) in [6.45, 7) is 1.78. The van der Waals surface area contributed by atoms with Gasteiger partial charge in [-0.25, -0.2) is 9.89 Å². The zero-order valence-corrected chi connectivity index (χ0v) is 15.0. The summed E-state index contributed by atoms with van der Waals surface area (Å²) in [7, 11) is 1.63. The maximum absolute atomic E-state index is 11.9. The monoisotopic (exact) mass is 354 g/mol. The van der Waals surface area contributed by atoms with Crippen LogP contribution in [-0.2, 0) is 16.1 Å². The fourth-order valence-electron chi connectivity index (χ4n) is 2.65. The third kappa shape index (κ3) is 6.16. The Bertz CT molecular complexity index is 609. The molecule has 1 aromatic rings. The summed E-state index contributed by atoms with van der Waals surface area (Å²) >= 11 is 1.27. The predicted octanol–water partition coefficient (Wildman–Crippen LogP) is 1.71. The predicted molar refractivity (Wildman–Crippen MR) is 94.2 cm³/mol. The van der Waals surface area contributed by atoms with E-state index < -0.39 is 0 Å². The molecule has 1 aliphatic rings. The second kappa shape index (κ2) is 10.4. The minimum atomic E-state index is -0.252. The van der Waals surface area contributed by atoms with Gasteiger partial charge in [-0.2, -0.15) is 0 Å². The first-order valence-corrected chi connectivity index (χ1v) is 9.41. The highest BCUT2D eigenvalue weighted by Gasteiger charge is 2.11. The van der Waals surface area contributed by atoms with Crippen LogP contribution in [0.15, 0.2) is 21.6 Å². The fraction of sp³-hybridized carbons (Fsp3) is 0.688. The number of amides is 1. The Labute approximate surface area is 146 Å². The molecule has 0 radical (unpaired) electrons. The van der Waals surface area contributed by atoms with Crippen molar-refractivity contribution >= 4 is 17.7 Å². The molecule has 1 heterocycles. The summed E-state index contributed by atoms with van der Waals surface area (Å²) < 4.78 is 6.54. The van der Waals surface area contributed by atoms with E-state index in [4.69, 9.17) is 4.74 Å². The molecule has 0 saturated carbocycles. The molecule has 2 N–H and O–H groups in total. The lowest BCUT2D eigenvalue weighted by Gasteiger charge is -2.12. The average molecular weight is 354 g/mol. The SMILES string of the molecule is COCCCn1c(SCC(=O)NCCC2=CCCCC2)n[nH]c1=O. The van der Waals surface area contributed by atoms with Crippen LogP contribution in [0.2, 0.25) is 0 Å². The van der Waals surface area contributed by atoms with E-state index in [1.165, 1.54) is 36.6 Å². The first-order valence-electron chi connectivity index (χ1n) is 8.42. The molecule has 134 valence electrons. The smallest absolute Gasteiger partial charge is 0.343 e. The molecule has 24 heavy (non-hydrogen) atoms. The number of carbonyl (C=O) groups excluding carboxylic acids is 1. The van der Waals surface area contributed by atoms with E-state index in [9.17, 15) is 9.59 Å². The van der Waals surface area contributed by atoms with Crippen molar-refractivity contribution in [3.05, 3.63) is 22.1 Å². The van der Waals surface area contributed by atoms with Crippen LogP contribution in [0.25, 0.3) is 0 Å². The Balaban J connectivity index is 1.71. The fourth-order valence-corrected chi connectivity index (χ4v) is 3.46. The largest absolute Gasteiger partial charge is 0.385 e. The zero-order valence-electron chi connectivity index (χ0n) is 14.2. The van der Waals surface area contributed by atoms with Gasteiger partial charge < -0.3 is 10.1 Å². The van der Waals surface area contributed by atoms with Crippen LogP contribution in [0.5, 0.6) is 0 Å². The maximum atomic E-state index is 11.9. The van der Waals surface area contributed by atoms with E-state index in [0.717, 1.165) is 19.3 Å². The van der Waals surface area contributed by atoms with Gasteiger partial charge in [-0.1, -0.05) is 23.4 Å². The van der Waals surface area contributed by atoms with Crippen LogP contribution < -0.4 is 11.0 Å². The number of hydrogen-bond donors (Lipinski definition) is 2. The van der Waals surface area contributed by atoms with Gasteiger partial charge in [0, 0.05) is 26.8 Å². The number of aromatic amines is 1. The summed E-state index contributed by atoms with van der Waals surface area (Å²) in [5.74, 6) is 0.225. The van der Waals surface area contributed by atoms with E-state index in [2.05, 4.69) is 21.6 Å². The van der Waals surface area contributed by atoms with Gasteiger partial charge in [0.1, 0.15) is 0 Å². The molecule has 1 amide bonds. The van der Waals surface area contributed by atoms with E-state index in [1.54, 1.807) is 11.7 Å². The van der Waals surface area contributed by atoms with Crippen molar-refractivity contribution in [1.29, 1.82) is 0 Å². The number of thioether (sulfide) groups is 1. The van der Waals surface area contributed by atoms with Gasteiger partial charge in [0.15, 0.2) is 5.16 Å². The van der Waals surface area contributed by atoms with Crippen molar-refractivity contribution < 1.29 is 9.53 Å². The standard InChI is InChI=1S/C16H26N4O3S/c1-23-11-5-10-20-15(22)18-19-16(20)24-12-14(21)17-9-8-13-6-3-2-4-7-13/h6H,2-5,7-12H2,1H3,(H,17,21)(H,18,22). The lowest BCUT2D eigenvalue weighted by molar-refractivity contribution is -0.118. The van der Waals surface area contributed by atoms with Crippen LogP contribution >= 0.6 is 11.8 Å². The van der Waals surface area contributed by atoms with Crippen molar-refractivity contribution in [2.24, 2.45) is 0 Å². The highest BCUT2D eigenvalue weighted by Crippen LogP contribution is 2.19. The third-order valence-corrected chi connectivity index (χ3v) is 4.92. The molecule has 0 saturated heterocycles. The number of aromatic nitrogens is 3. The number of rotatable bonds is 10. The molecule has 0 bridgehead atoms. The van der Waals surface area contributed by atoms with Crippen LogP contribution in [0, 0.1) is 0 Å². The number of carbonyl (C=O) groups is 1. The van der Waals surface area contributed by atoms with Crippen molar-refractivity contribution in [2.45, 2.75) is 50.2 Å². The quantitative estimate of drug-likeness (QED) is 0.379. The second-order valence-corrected chi connectivity index (χ2v) is 6.75. The van der Waals surface area contributed by atoms with Gasteiger partial charge in [0.2, 0.25) is 5.91 Å². The lowest BCUT2D eigenvalue weighted by Crippen LogP contribution is -2.27. The lowest BCUT2D eigenvalue weighted by atomic mass is 9.97. The Morgan fingerprint density at radius 1 is 1.50 bits per heavy atom. The number of H-pyrrole nitrogens is 1. The summed E-state index contributed by atoms with van der Waals surface area (Å²) in [5, 5.41) is 9.88. The summed E-state index contributed by atoms with van der Waals surface area (Å²) in [6.07, 6.45) is 8.82. The molecule has 1 aromatic heterocycles. The Morgan fingerprint density at radius 2 is 2.38 bits per heavy atom. The maximum Gasteiger partial charge on any atom is 0.343 e. The summed E-state index contributed by atoms with van der Waals surface area (Å²) in [6, 6.07) is 0. The highest BCUT2D eigenvalue weighted by atomic mass is 32.2. The first kappa shape index (κ1) is 18.8. The van der Waals surface area contributed by atoms with Crippen LogP contribution in [0.1, 0.15) is 38.5 Å². The van der Waals surface area contributed by atoms with Crippen molar-refractivity contribution in [3.8, 4) is 0 Å². The molecule has 0 aromatic carbocycles. The van der Waals surface area contributed by atoms with E-state index >= 15 is 0 Å². The van der Waals surface area contributed by atoms with Crippen molar-refractivity contribution in [3.63, 3.8) is 0 Å². The van der Waals surface area contributed by atoms with Gasteiger partial charge >= 0.3 is 5.69 Å². The van der Waals surface area contributed by atoms with E-state index in [-0.39, 0.29) is 17.3 Å². The topological polar surface area (TPSA) is 89.0 Å². The van der Waals surface area contributed by atoms with Gasteiger partial charge in [-0.05, 0) is 38.5 Å². The highest BCUT2D eigenvalue weighted by molar-refractivity contribution is 7.99. The number of nitrogens with one attached hydrogen (secondary N) is 2. The molecular formula is C16H26N4O3S. The van der Waals surface area contributed by atoms with E-state index in [1.807, 2.05) is 0 Å². The molecule has 0 aliphatic heterocycles. The first-order chi connectivity index (χ1) is 11.7. The van der Waals surface area contributed by atoms with Gasteiger partial charge in [0.05, 0.1) is 5.75 Å². The minimum absolute atomic E-state index is 0.0321. The molecule has 1 aliphatic carbocycles. The van der Waals surface area contributed by atoms with Crippen LogP contribution in [-0.4, -0.2) is 46.7 Å². The van der Waals surface area contributed by atoms with Crippen molar-refractivity contribution in [1.82, 2.24) is 20.1 Å². The number of hydrogen-bond acceptors (Lipinski definition) is 5. The number of ether oxygens (including phenoxy) is 1. The third-order valence-electron chi connectivity index (χ3n) is 3.94. The summed E-state index contributed by atoms with van der Waals surface area (Å²) in [5.41, 5.74) is 1.20. The van der Waals surface area contributed by atoms with Gasteiger partial charge in [-0.3, -0.25) is 9.36 Å². The van der Waals surface area contributed by atoms with E-state index in [0.29, 0.717) is 24.9 Å². The molecule has 0 fully saturated rings. The molecule has 0 spiro atoms. The molecular weight excluding hydrogens is 328 g/mol. The van der Waals surface area contributed by atoms with Crippen molar-refractivity contribution in [2.75, 3.05) is 26.0 Å². The number of methoxy groups -OCH3 is 1. The zero-order chi connectivity index (χ0) is 17.2. The molecule has 2 rings (SSSR count). The normalized spacial score (nSPS) is 14.5. The molecule has 0 atom stereocenters. The molecule has 7 nitrogen and oxygen atoms in total. The average Bonchev–Trinajstić information content (AvgIpc) is 2.94. The van der Waals surface area contributed by atoms with Crippen LogP contribution in [0.4, 0.5) is 0 Å². The molecule has 0 unspecified atom stereocenters. The van der Waals surface area contributed by atoms with Gasteiger partial charge in [0.25, 0.3) is 0 Å².